The zero-order chi connectivity index (χ0) is 14.8. The summed E-state index contributed by atoms with van der Waals surface area (Å²) in [5, 5.41) is 2.36. The lowest BCUT2D eigenvalue weighted by atomic mass is 9.92. The maximum Gasteiger partial charge on any atom is 0.151 e. The van der Waals surface area contributed by atoms with E-state index in [4.69, 9.17) is 11.6 Å². The van der Waals surface area contributed by atoms with Crippen LogP contribution in [-0.4, -0.2) is 12.6 Å². The van der Waals surface area contributed by atoms with Crippen LogP contribution in [0.3, 0.4) is 0 Å². The van der Waals surface area contributed by atoms with Gasteiger partial charge in [-0.3, -0.25) is 9.59 Å². The highest BCUT2D eigenvalue weighted by atomic mass is 35.5. The van der Waals surface area contributed by atoms with Crippen molar-refractivity contribution in [3.8, 4) is 11.1 Å². The number of hydrogen-bond donors (Lipinski definition) is 0. The van der Waals surface area contributed by atoms with Crippen molar-refractivity contribution in [1.82, 2.24) is 0 Å². The van der Waals surface area contributed by atoms with Crippen LogP contribution in [0.25, 0.3) is 21.9 Å². The van der Waals surface area contributed by atoms with E-state index in [2.05, 4.69) is 0 Å². The summed E-state index contributed by atoms with van der Waals surface area (Å²) in [7, 11) is 0. The van der Waals surface area contributed by atoms with Gasteiger partial charge in [-0.25, -0.2) is 0 Å². The summed E-state index contributed by atoms with van der Waals surface area (Å²) < 4.78 is 0. The Kier molecular flexibility index (Phi) is 3.55. The summed E-state index contributed by atoms with van der Waals surface area (Å²) in [5.41, 5.74) is 2.50. The number of fused-ring (bicyclic) bond motifs is 1. The Morgan fingerprint density at radius 1 is 0.810 bits per heavy atom. The van der Waals surface area contributed by atoms with E-state index in [1.807, 2.05) is 36.4 Å². The first-order valence-electron chi connectivity index (χ1n) is 6.46. The molecule has 0 aromatic heterocycles. The number of halogens is 1. The van der Waals surface area contributed by atoms with E-state index in [-0.39, 0.29) is 0 Å². The van der Waals surface area contributed by atoms with Gasteiger partial charge in [0.05, 0.1) is 0 Å². The Bertz CT molecular complexity index is 853. The normalized spacial score (nSPS) is 10.5. The Balaban J connectivity index is 2.35. The molecule has 0 saturated carbocycles. The molecule has 3 rings (SSSR count). The fraction of sp³-hybridized carbons (Fsp3) is 0. The van der Waals surface area contributed by atoms with E-state index in [1.165, 1.54) is 0 Å². The number of carbonyl (C=O) groups excluding carboxylic acids is 2. The monoisotopic (exact) mass is 294 g/mol. The Hall–Kier alpha value is -2.45. The van der Waals surface area contributed by atoms with Crippen LogP contribution in [-0.2, 0) is 0 Å². The number of aldehydes is 2. The highest BCUT2D eigenvalue weighted by Crippen LogP contribution is 2.32. The van der Waals surface area contributed by atoms with E-state index in [0.717, 1.165) is 28.9 Å². The maximum atomic E-state index is 11.6. The van der Waals surface area contributed by atoms with E-state index < -0.39 is 0 Å². The second kappa shape index (κ2) is 5.51. The van der Waals surface area contributed by atoms with Crippen LogP contribution in [0.1, 0.15) is 20.7 Å². The van der Waals surface area contributed by atoms with Gasteiger partial charge in [-0.2, -0.15) is 0 Å². The predicted molar refractivity (Wildman–Crippen MR) is 85.2 cm³/mol. The molecule has 0 heterocycles. The lowest BCUT2D eigenvalue weighted by Crippen LogP contribution is -1.94. The third-order valence-corrected chi connectivity index (χ3v) is 3.75. The van der Waals surface area contributed by atoms with E-state index in [0.29, 0.717) is 21.7 Å². The molecule has 0 unspecified atom stereocenters. The molecule has 0 aliphatic carbocycles. The van der Waals surface area contributed by atoms with Crippen molar-refractivity contribution in [1.29, 1.82) is 0 Å². The van der Waals surface area contributed by atoms with Crippen molar-refractivity contribution in [3.63, 3.8) is 0 Å². The summed E-state index contributed by atoms with van der Waals surface area (Å²) in [6, 6.07) is 16.6. The molecule has 3 aromatic rings. The largest absolute Gasteiger partial charge is 0.298 e. The standard InChI is InChI=1S/C18H11ClO2/c19-14-6-8-16(13(9-14)10-20)17-7-5-12-3-1-2-4-15(12)18(17)11-21/h1-11H. The van der Waals surface area contributed by atoms with E-state index in [9.17, 15) is 9.59 Å². The molecule has 0 aliphatic rings. The van der Waals surface area contributed by atoms with Crippen molar-refractivity contribution in [2.45, 2.75) is 0 Å². The second-order valence-corrected chi connectivity index (χ2v) is 5.15. The SMILES string of the molecule is O=Cc1cc(Cl)ccc1-c1ccc2ccccc2c1C=O. The first kappa shape index (κ1) is 13.5. The van der Waals surface area contributed by atoms with Gasteiger partial charge in [-0.15, -0.1) is 0 Å². The molecule has 0 N–H and O–H groups in total. The van der Waals surface area contributed by atoms with Gasteiger partial charge < -0.3 is 0 Å². The third kappa shape index (κ3) is 2.34. The Labute approximate surface area is 127 Å². The highest BCUT2D eigenvalue weighted by Gasteiger charge is 2.12. The minimum Gasteiger partial charge on any atom is -0.298 e. The van der Waals surface area contributed by atoms with Crippen molar-refractivity contribution in [3.05, 3.63) is 70.7 Å². The van der Waals surface area contributed by atoms with Crippen LogP contribution in [0.2, 0.25) is 5.02 Å². The zero-order valence-electron chi connectivity index (χ0n) is 11.0. The average Bonchev–Trinajstić information content (AvgIpc) is 2.53. The van der Waals surface area contributed by atoms with Gasteiger partial charge in [0.1, 0.15) is 0 Å². The third-order valence-electron chi connectivity index (χ3n) is 3.52. The van der Waals surface area contributed by atoms with Gasteiger partial charge in [-0.1, -0.05) is 54.1 Å². The molecule has 0 spiro atoms. The highest BCUT2D eigenvalue weighted by molar-refractivity contribution is 6.31. The minimum absolute atomic E-state index is 0.473. The lowest BCUT2D eigenvalue weighted by Gasteiger charge is -2.11. The van der Waals surface area contributed by atoms with Crippen LogP contribution in [0, 0.1) is 0 Å². The number of benzene rings is 3. The van der Waals surface area contributed by atoms with Gasteiger partial charge >= 0.3 is 0 Å². The fourth-order valence-corrected chi connectivity index (χ4v) is 2.71. The number of carbonyl (C=O) groups is 2. The molecule has 0 fully saturated rings. The van der Waals surface area contributed by atoms with Gasteiger partial charge in [0.2, 0.25) is 0 Å². The van der Waals surface area contributed by atoms with Crippen molar-refractivity contribution < 1.29 is 9.59 Å². The Morgan fingerprint density at radius 2 is 1.57 bits per heavy atom. The molecule has 21 heavy (non-hydrogen) atoms. The zero-order valence-corrected chi connectivity index (χ0v) is 11.8. The molecular formula is C18H11ClO2. The Morgan fingerprint density at radius 3 is 2.33 bits per heavy atom. The smallest absolute Gasteiger partial charge is 0.151 e. The van der Waals surface area contributed by atoms with Crippen LogP contribution in [0.5, 0.6) is 0 Å². The molecule has 0 saturated heterocycles. The van der Waals surface area contributed by atoms with Crippen molar-refractivity contribution in [2.24, 2.45) is 0 Å². The second-order valence-electron chi connectivity index (χ2n) is 4.72. The minimum atomic E-state index is 0.473. The molecule has 0 aliphatic heterocycles. The lowest BCUT2D eigenvalue weighted by molar-refractivity contribution is 0.111. The van der Waals surface area contributed by atoms with Crippen LogP contribution in [0.15, 0.2) is 54.6 Å². The molecule has 0 bridgehead atoms. The van der Waals surface area contributed by atoms with Gasteiger partial charge in [0, 0.05) is 16.1 Å². The maximum absolute atomic E-state index is 11.6. The van der Waals surface area contributed by atoms with Crippen molar-refractivity contribution in [2.75, 3.05) is 0 Å². The van der Waals surface area contributed by atoms with Crippen molar-refractivity contribution >= 4 is 34.9 Å². The summed E-state index contributed by atoms with van der Waals surface area (Å²) >= 11 is 5.92. The van der Waals surface area contributed by atoms with Gasteiger partial charge in [0.15, 0.2) is 12.6 Å². The first-order chi connectivity index (χ1) is 10.2. The van der Waals surface area contributed by atoms with E-state index >= 15 is 0 Å². The number of hydrogen-bond acceptors (Lipinski definition) is 2. The molecule has 0 amide bonds. The molecular weight excluding hydrogens is 284 g/mol. The van der Waals surface area contributed by atoms with E-state index in [1.54, 1.807) is 18.2 Å². The molecule has 2 nitrogen and oxygen atoms in total. The topological polar surface area (TPSA) is 34.1 Å². The summed E-state index contributed by atoms with van der Waals surface area (Å²) in [5.74, 6) is 0. The summed E-state index contributed by atoms with van der Waals surface area (Å²) in [6.45, 7) is 0. The fourth-order valence-electron chi connectivity index (χ4n) is 2.53. The molecule has 0 radical (unpaired) electrons. The summed E-state index contributed by atoms with van der Waals surface area (Å²) in [6.07, 6.45) is 1.59. The molecule has 3 heteroatoms. The van der Waals surface area contributed by atoms with Crippen LogP contribution >= 0.6 is 11.6 Å². The summed E-state index contributed by atoms with van der Waals surface area (Å²) in [4.78, 5) is 22.8. The number of rotatable bonds is 3. The molecule has 3 aromatic carbocycles. The van der Waals surface area contributed by atoms with Gasteiger partial charge in [-0.05, 0) is 34.0 Å². The first-order valence-corrected chi connectivity index (χ1v) is 6.84. The average molecular weight is 295 g/mol. The van der Waals surface area contributed by atoms with Crippen LogP contribution < -0.4 is 0 Å². The van der Waals surface area contributed by atoms with Gasteiger partial charge in [0.25, 0.3) is 0 Å². The van der Waals surface area contributed by atoms with Crippen LogP contribution in [0.4, 0.5) is 0 Å². The predicted octanol–water partition coefficient (Wildman–Crippen LogP) is 4.79. The quantitative estimate of drug-likeness (QED) is 0.651. The molecule has 102 valence electrons. The molecule has 0 atom stereocenters.